The number of piperidine rings is 1. The summed E-state index contributed by atoms with van der Waals surface area (Å²) < 4.78 is 5.74. The van der Waals surface area contributed by atoms with Gasteiger partial charge in [0.15, 0.2) is 0 Å². The summed E-state index contributed by atoms with van der Waals surface area (Å²) in [6.45, 7) is 7.05. The van der Waals surface area contributed by atoms with Gasteiger partial charge in [0.1, 0.15) is 0 Å². The molecule has 0 radical (unpaired) electrons. The molecular weight excluding hydrogens is 226 g/mol. The van der Waals surface area contributed by atoms with E-state index in [0.717, 1.165) is 19.2 Å². The lowest BCUT2D eigenvalue weighted by Gasteiger charge is -2.34. The van der Waals surface area contributed by atoms with Crippen LogP contribution in [0.25, 0.3) is 0 Å². The van der Waals surface area contributed by atoms with E-state index >= 15 is 0 Å². The van der Waals surface area contributed by atoms with Crippen molar-refractivity contribution in [1.82, 2.24) is 9.80 Å². The highest BCUT2D eigenvalue weighted by atomic mass is 16.5. The molecule has 3 heterocycles. The van der Waals surface area contributed by atoms with Crippen LogP contribution in [-0.4, -0.2) is 67.3 Å². The van der Waals surface area contributed by atoms with Crippen molar-refractivity contribution in [3.05, 3.63) is 0 Å². The van der Waals surface area contributed by atoms with E-state index in [9.17, 15) is 0 Å². The lowest BCUT2D eigenvalue weighted by atomic mass is 10.0. The molecule has 0 bridgehead atoms. The Bertz CT molecular complexity index is 260. The van der Waals surface area contributed by atoms with Crippen LogP contribution in [0.5, 0.6) is 0 Å². The molecular formula is C14H27N3O. The molecule has 3 rings (SSSR count). The van der Waals surface area contributed by atoms with E-state index in [1.807, 2.05) is 0 Å². The summed E-state index contributed by atoms with van der Waals surface area (Å²) in [5.74, 6) is 0. The zero-order valence-electron chi connectivity index (χ0n) is 11.4. The molecule has 0 aliphatic carbocycles. The highest BCUT2D eigenvalue weighted by Gasteiger charge is 2.31. The van der Waals surface area contributed by atoms with Crippen LogP contribution in [0.15, 0.2) is 0 Å². The van der Waals surface area contributed by atoms with Crippen LogP contribution in [0, 0.1) is 0 Å². The molecule has 0 amide bonds. The number of rotatable bonds is 3. The molecule has 2 N–H and O–H groups in total. The van der Waals surface area contributed by atoms with Gasteiger partial charge in [-0.1, -0.05) is 0 Å². The predicted molar refractivity (Wildman–Crippen MR) is 72.6 cm³/mol. The van der Waals surface area contributed by atoms with E-state index < -0.39 is 0 Å². The molecule has 3 aliphatic rings. The highest BCUT2D eigenvalue weighted by molar-refractivity contribution is 4.88. The normalized spacial score (nSPS) is 36.5. The Morgan fingerprint density at radius 3 is 2.61 bits per heavy atom. The second kappa shape index (κ2) is 5.87. The van der Waals surface area contributed by atoms with Crippen LogP contribution < -0.4 is 5.73 Å². The molecule has 2 atom stereocenters. The van der Waals surface area contributed by atoms with Gasteiger partial charge in [0.2, 0.25) is 0 Å². The van der Waals surface area contributed by atoms with Gasteiger partial charge in [-0.3, -0.25) is 9.80 Å². The SMILES string of the molecule is NC1CCN(C2CCN(CC3CCCO3)C2)CC1. The molecule has 0 aromatic rings. The maximum Gasteiger partial charge on any atom is 0.0702 e. The van der Waals surface area contributed by atoms with Crippen LogP contribution in [-0.2, 0) is 4.74 Å². The minimum absolute atomic E-state index is 0.450. The van der Waals surface area contributed by atoms with Gasteiger partial charge in [0, 0.05) is 31.8 Å². The van der Waals surface area contributed by atoms with E-state index in [4.69, 9.17) is 10.5 Å². The quantitative estimate of drug-likeness (QED) is 0.802. The number of nitrogens with zero attached hydrogens (tertiary/aromatic N) is 2. The monoisotopic (exact) mass is 253 g/mol. The standard InChI is InChI=1S/C14H27N3O/c15-12-3-7-17(8-4-12)13-5-6-16(10-13)11-14-2-1-9-18-14/h12-14H,1-11,15H2. The average molecular weight is 253 g/mol. The molecule has 3 saturated heterocycles. The summed E-state index contributed by atoms with van der Waals surface area (Å²) in [6.07, 6.45) is 6.73. The van der Waals surface area contributed by atoms with Crippen molar-refractivity contribution in [3.8, 4) is 0 Å². The zero-order valence-corrected chi connectivity index (χ0v) is 11.4. The van der Waals surface area contributed by atoms with Crippen molar-refractivity contribution in [2.75, 3.05) is 39.3 Å². The van der Waals surface area contributed by atoms with Crippen LogP contribution >= 0.6 is 0 Å². The molecule has 0 saturated carbocycles. The van der Waals surface area contributed by atoms with Gasteiger partial charge >= 0.3 is 0 Å². The molecule has 0 spiro atoms. The highest BCUT2D eigenvalue weighted by Crippen LogP contribution is 2.22. The van der Waals surface area contributed by atoms with Crippen LogP contribution in [0.4, 0.5) is 0 Å². The van der Waals surface area contributed by atoms with Crippen LogP contribution in [0.1, 0.15) is 32.1 Å². The second-order valence-electron chi connectivity index (χ2n) is 6.21. The van der Waals surface area contributed by atoms with Gasteiger partial charge in [-0.05, 0) is 51.7 Å². The van der Waals surface area contributed by atoms with Crippen molar-refractivity contribution in [2.45, 2.75) is 50.3 Å². The molecule has 18 heavy (non-hydrogen) atoms. The van der Waals surface area contributed by atoms with Crippen molar-refractivity contribution >= 4 is 0 Å². The Labute approximate surface area is 110 Å². The van der Waals surface area contributed by atoms with Gasteiger partial charge < -0.3 is 10.5 Å². The zero-order chi connectivity index (χ0) is 12.4. The first kappa shape index (κ1) is 12.9. The Morgan fingerprint density at radius 2 is 1.89 bits per heavy atom. The van der Waals surface area contributed by atoms with Gasteiger partial charge in [-0.25, -0.2) is 0 Å². The van der Waals surface area contributed by atoms with Crippen molar-refractivity contribution in [2.24, 2.45) is 5.73 Å². The van der Waals surface area contributed by atoms with E-state index in [-0.39, 0.29) is 0 Å². The lowest BCUT2D eigenvalue weighted by Crippen LogP contribution is -2.46. The first-order valence-corrected chi connectivity index (χ1v) is 7.65. The fraction of sp³-hybridized carbons (Fsp3) is 1.00. The summed E-state index contributed by atoms with van der Waals surface area (Å²) in [5, 5.41) is 0. The molecule has 4 nitrogen and oxygen atoms in total. The first-order valence-electron chi connectivity index (χ1n) is 7.65. The fourth-order valence-electron chi connectivity index (χ4n) is 3.64. The van der Waals surface area contributed by atoms with E-state index in [1.54, 1.807) is 0 Å². The van der Waals surface area contributed by atoms with E-state index in [0.29, 0.717) is 12.1 Å². The van der Waals surface area contributed by atoms with Gasteiger partial charge in [0.25, 0.3) is 0 Å². The number of ether oxygens (including phenoxy) is 1. The molecule has 4 heteroatoms. The third kappa shape index (κ3) is 3.05. The Balaban J connectivity index is 1.43. The number of hydrogen-bond acceptors (Lipinski definition) is 4. The maximum atomic E-state index is 5.98. The number of hydrogen-bond donors (Lipinski definition) is 1. The van der Waals surface area contributed by atoms with Gasteiger partial charge in [-0.2, -0.15) is 0 Å². The summed E-state index contributed by atoms with van der Waals surface area (Å²) in [7, 11) is 0. The Morgan fingerprint density at radius 1 is 1.06 bits per heavy atom. The Hall–Kier alpha value is -0.160. The topological polar surface area (TPSA) is 41.7 Å². The van der Waals surface area contributed by atoms with Gasteiger partial charge in [-0.15, -0.1) is 0 Å². The molecule has 0 aromatic carbocycles. The summed E-state index contributed by atoms with van der Waals surface area (Å²) >= 11 is 0. The minimum atomic E-state index is 0.450. The van der Waals surface area contributed by atoms with Crippen molar-refractivity contribution < 1.29 is 4.74 Å². The van der Waals surface area contributed by atoms with Crippen molar-refractivity contribution in [1.29, 1.82) is 0 Å². The number of nitrogens with two attached hydrogens (primary N) is 1. The molecule has 0 aromatic heterocycles. The maximum absolute atomic E-state index is 5.98. The lowest BCUT2D eigenvalue weighted by molar-refractivity contribution is 0.0761. The van der Waals surface area contributed by atoms with E-state index in [2.05, 4.69) is 9.80 Å². The smallest absolute Gasteiger partial charge is 0.0702 e. The third-order valence-electron chi connectivity index (χ3n) is 4.82. The first-order chi connectivity index (χ1) is 8.81. The third-order valence-corrected chi connectivity index (χ3v) is 4.82. The predicted octanol–water partition coefficient (Wildman–Crippen LogP) is 0.663. The molecule has 3 fully saturated rings. The molecule has 3 aliphatic heterocycles. The second-order valence-corrected chi connectivity index (χ2v) is 6.21. The largest absolute Gasteiger partial charge is 0.377 e. The minimum Gasteiger partial charge on any atom is -0.377 e. The summed E-state index contributed by atoms with van der Waals surface area (Å²) in [5.41, 5.74) is 5.98. The average Bonchev–Trinajstić information content (AvgIpc) is 3.02. The number of likely N-dealkylation sites (tertiary alicyclic amines) is 2. The van der Waals surface area contributed by atoms with Gasteiger partial charge in [0.05, 0.1) is 6.10 Å². The van der Waals surface area contributed by atoms with Crippen LogP contribution in [0.3, 0.4) is 0 Å². The molecule has 2 unspecified atom stereocenters. The van der Waals surface area contributed by atoms with E-state index in [1.165, 1.54) is 58.3 Å². The Kier molecular flexibility index (Phi) is 4.19. The summed E-state index contributed by atoms with van der Waals surface area (Å²) in [4.78, 5) is 5.27. The fourth-order valence-corrected chi connectivity index (χ4v) is 3.64. The summed E-state index contributed by atoms with van der Waals surface area (Å²) in [6, 6.07) is 1.23. The van der Waals surface area contributed by atoms with Crippen molar-refractivity contribution in [3.63, 3.8) is 0 Å². The van der Waals surface area contributed by atoms with Crippen LogP contribution in [0.2, 0.25) is 0 Å². The molecule has 104 valence electrons.